The Labute approximate surface area is 131 Å². The summed E-state index contributed by atoms with van der Waals surface area (Å²) < 4.78 is 0. The van der Waals surface area contributed by atoms with E-state index in [2.05, 4.69) is 67.1 Å². The summed E-state index contributed by atoms with van der Waals surface area (Å²) in [5.41, 5.74) is 5.45. The number of hydrogen-bond acceptors (Lipinski definition) is 0. The van der Waals surface area contributed by atoms with Crippen LogP contribution in [0.3, 0.4) is 0 Å². The first kappa shape index (κ1) is 14.9. The van der Waals surface area contributed by atoms with Crippen LogP contribution in [0, 0.1) is 6.42 Å². The van der Waals surface area contributed by atoms with Gasteiger partial charge in [0.15, 0.2) is 0 Å². The van der Waals surface area contributed by atoms with Gasteiger partial charge in [0.2, 0.25) is 0 Å². The molecule has 0 atom stereocenters. The Balaban J connectivity index is 0.000000408. The van der Waals surface area contributed by atoms with Gasteiger partial charge in [0.25, 0.3) is 0 Å². The Bertz CT molecular complexity index is 550. The fraction of sp³-hybridized carbons (Fsp3) is 0.0625. The zero-order valence-electron chi connectivity index (χ0n) is 10.3. The van der Waals surface area contributed by atoms with E-state index in [4.69, 9.17) is 18.6 Å². The summed E-state index contributed by atoms with van der Waals surface area (Å²) in [5.74, 6) is 0. The van der Waals surface area contributed by atoms with Crippen LogP contribution in [-0.2, 0) is 23.5 Å². The fourth-order valence-electron chi connectivity index (χ4n) is 2.15. The molecular formula is C16H13Cl2Ti. The van der Waals surface area contributed by atoms with Gasteiger partial charge >= 0.3 is 35.6 Å². The van der Waals surface area contributed by atoms with Crippen LogP contribution in [0.4, 0.5) is 0 Å². The Morgan fingerprint density at radius 3 is 2.00 bits per heavy atom. The van der Waals surface area contributed by atoms with Crippen molar-refractivity contribution >= 4 is 24.7 Å². The summed E-state index contributed by atoms with van der Waals surface area (Å²) in [6, 6.07) is 19.1. The zero-order chi connectivity index (χ0) is 13.5. The van der Waals surface area contributed by atoms with Gasteiger partial charge in [0.05, 0.1) is 0 Å². The van der Waals surface area contributed by atoms with E-state index in [0.29, 0.717) is 0 Å². The molecule has 3 rings (SSSR count). The summed E-state index contributed by atoms with van der Waals surface area (Å²) in [6.45, 7) is 0. The molecule has 0 N–H and O–H groups in total. The van der Waals surface area contributed by atoms with Crippen LogP contribution in [0.5, 0.6) is 0 Å². The van der Waals surface area contributed by atoms with Gasteiger partial charge in [0.1, 0.15) is 0 Å². The molecule has 3 heteroatoms. The van der Waals surface area contributed by atoms with E-state index >= 15 is 0 Å². The topological polar surface area (TPSA) is 0 Å². The van der Waals surface area contributed by atoms with Crippen LogP contribution in [0.1, 0.15) is 16.7 Å². The average Bonchev–Trinajstić information content (AvgIpc) is 2.83. The molecule has 0 heterocycles. The number of hydrogen-bond donors (Lipinski definition) is 0. The van der Waals surface area contributed by atoms with Crippen LogP contribution in [0.15, 0.2) is 60.2 Å². The van der Waals surface area contributed by atoms with E-state index in [1.165, 1.54) is 22.3 Å². The molecule has 1 aliphatic rings. The summed E-state index contributed by atoms with van der Waals surface area (Å²) in [4.78, 5) is 0. The molecule has 0 amide bonds. The number of allylic oxidation sites excluding steroid dienone is 1. The van der Waals surface area contributed by atoms with Gasteiger partial charge < -0.3 is 0 Å². The van der Waals surface area contributed by atoms with Crippen LogP contribution >= 0.6 is 18.6 Å². The van der Waals surface area contributed by atoms with E-state index in [-0.39, 0.29) is 0 Å². The zero-order valence-corrected chi connectivity index (χ0v) is 13.4. The molecule has 0 aliphatic heterocycles. The maximum atomic E-state index is 4.89. The van der Waals surface area contributed by atoms with Crippen molar-refractivity contribution in [2.45, 2.75) is 6.42 Å². The fourth-order valence-corrected chi connectivity index (χ4v) is 2.15. The Morgan fingerprint density at radius 1 is 0.789 bits per heavy atom. The van der Waals surface area contributed by atoms with Gasteiger partial charge in [-0.25, -0.2) is 0 Å². The molecule has 0 saturated carbocycles. The van der Waals surface area contributed by atoms with E-state index in [0.717, 1.165) is 6.42 Å². The van der Waals surface area contributed by atoms with Crippen molar-refractivity contribution in [3.05, 3.63) is 83.3 Å². The second-order valence-corrected chi connectivity index (χ2v) is 6.81. The van der Waals surface area contributed by atoms with Crippen LogP contribution < -0.4 is 0 Å². The van der Waals surface area contributed by atoms with Crippen LogP contribution in [0.25, 0.3) is 6.08 Å². The van der Waals surface area contributed by atoms with Crippen molar-refractivity contribution in [2.75, 3.05) is 0 Å². The molecule has 95 valence electrons. The van der Waals surface area contributed by atoms with Crippen molar-refractivity contribution in [1.82, 2.24) is 0 Å². The first-order valence-electron chi connectivity index (χ1n) is 5.98. The third kappa shape index (κ3) is 4.51. The van der Waals surface area contributed by atoms with E-state index < -0.39 is 17.0 Å². The van der Waals surface area contributed by atoms with E-state index in [9.17, 15) is 0 Å². The predicted octanol–water partition coefficient (Wildman–Crippen LogP) is 5.26. The minimum atomic E-state index is -0.556. The van der Waals surface area contributed by atoms with Crippen LogP contribution in [-0.4, -0.2) is 0 Å². The van der Waals surface area contributed by atoms with Crippen LogP contribution in [0.2, 0.25) is 0 Å². The SMILES string of the molecule is [CH]1C(Cc2ccccc2)=Cc2ccccc21.[Cl][Ti][Cl]. The van der Waals surface area contributed by atoms with Crippen molar-refractivity contribution in [1.29, 1.82) is 0 Å². The molecule has 0 nitrogen and oxygen atoms in total. The molecular weight excluding hydrogens is 311 g/mol. The molecule has 0 saturated heterocycles. The normalized spacial score (nSPS) is 12.0. The summed E-state index contributed by atoms with van der Waals surface area (Å²) >= 11 is -0.556. The second-order valence-electron chi connectivity index (χ2n) is 4.23. The van der Waals surface area contributed by atoms with Gasteiger partial charge in [-0.05, 0) is 23.1 Å². The number of rotatable bonds is 2. The Hall–Kier alpha value is -0.526. The van der Waals surface area contributed by atoms with Gasteiger partial charge in [-0.2, -0.15) is 0 Å². The Kier molecular flexibility index (Phi) is 6.20. The maximum absolute atomic E-state index is 4.89. The van der Waals surface area contributed by atoms with E-state index in [1.54, 1.807) is 0 Å². The van der Waals surface area contributed by atoms with Gasteiger partial charge in [0, 0.05) is 6.42 Å². The van der Waals surface area contributed by atoms with Crippen molar-refractivity contribution in [3.8, 4) is 0 Å². The first-order valence-corrected chi connectivity index (χ1v) is 10.3. The van der Waals surface area contributed by atoms with Crippen molar-refractivity contribution in [3.63, 3.8) is 0 Å². The molecule has 0 unspecified atom stereocenters. The van der Waals surface area contributed by atoms with Crippen molar-refractivity contribution in [2.24, 2.45) is 0 Å². The molecule has 19 heavy (non-hydrogen) atoms. The standard InChI is InChI=1S/C16H13.2ClH.Ti/c1-2-6-13(7-3-1)10-14-11-15-8-4-5-9-16(15)12-14;;;/h1-9,11-12H,10H2;2*1H;/q;;;+2/p-2. The molecule has 0 fully saturated rings. The number of fused-ring (bicyclic) bond motifs is 1. The molecule has 0 spiro atoms. The minimum absolute atomic E-state index is 0.556. The van der Waals surface area contributed by atoms with Gasteiger partial charge in [-0.1, -0.05) is 66.2 Å². The number of benzene rings is 2. The van der Waals surface area contributed by atoms with Gasteiger partial charge in [-0.3, -0.25) is 0 Å². The average molecular weight is 324 g/mol. The molecule has 0 bridgehead atoms. The molecule has 2 aromatic carbocycles. The molecule has 1 radical (unpaired) electrons. The number of halogens is 2. The van der Waals surface area contributed by atoms with E-state index in [1.807, 2.05) is 0 Å². The predicted molar refractivity (Wildman–Crippen MR) is 79.7 cm³/mol. The van der Waals surface area contributed by atoms with Crippen molar-refractivity contribution < 1.29 is 17.0 Å². The summed E-state index contributed by atoms with van der Waals surface area (Å²) in [5, 5.41) is 0. The third-order valence-corrected chi connectivity index (χ3v) is 2.93. The first-order chi connectivity index (χ1) is 9.33. The summed E-state index contributed by atoms with van der Waals surface area (Å²) in [6.07, 6.45) is 5.58. The molecule has 1 aliphatic carbocycles. The quantitative estimate of drug-likeness (QED) is 0.662. The molecule has 0 aromatic heterocycles. The Morgan fingerprint density at radius 2 is 1.37 bits per heavy atom. The monoisotopic (exact) mass is 323 g/mol. The summed E-state index contributed by atoms with van der Waals surface area (Å²) in [7, 11) is 9.78. The second kappa shape index (κ2) is 7.92. The third-order valence-electron chi connectivity index (χ3n) is 2.93. The molecule has 2 aromatic rings. The van der Waals surface area contributed by atoms with Gasteiger partial charge in [-0.15, -0.1) is 0 Å².